The lowest BCUT2D eigenvalue weighted by molar-refractivity contribution is -0.127. The zero-order valence-electron chi connectivity index (χ0n) is 14.4. The SMILES string of the molecule is CCNC(=NCC(=O)N(C)C)NCC1CCCc2ccccc21. The molecule has 0 saturated carbocycles. The van der Waals surface area contributed by atoms with E-state index < -0.39 is 0 Å². The van der Waals surface area contributed by atoms with Crippen LogP contribution in [0, 0.1) is 0 Å². The Hall–Kier alpha value is -2.04. The number of nitrogens with one attached hydrogen (secondary N) is 2. The van der Waals surface area contributed by atoms with Crippen LogP contribution in [0.25, 0.3) is 0 Å². The van der Waals surface area contributed by atoms with E-state index in [1.165, 1.54) is 30.4 Å². The van der Waals surface area contributed by atoms with Crippen LogP contribution < -0.4 is 10.6 Å². The molecule has 0 fully saturated rings. The van der Waals surface area contributed by atoms with Crippen molar-refractivity contribution in [3.8, 4) is 0 Å². The molecule has 0 bridgehead atoms. The molecule has 126 valence electrons. The third-order valence-corrected chi connectivity index (χ3v) is 4.22. The first-order valence-electron chi connectivity index (χ1n) is 8.42. The van der Waals surface area contributed by atoms with Gasteiger partial charge in [0.2, 0.25) is 5.91 Å². The number of guanidine groups is 1. The summed E-state index contributed by atoms with van der Waals surface area (Å²) in [6.45, 7) is 3.83. The van der Waals surface area contributed by atoms with Gasteiger partial charge in [0.15, 0.2) is 5.96 Å². The second-order valence-electron chi connectivity index (χ2n) is 6.15. The molecule has 0 radical (unpaired) electrons. The van der Waals surface area contributed by atoms with Crippen LogP contribution in [-0.4, -0.2) is 50.5 Å². The Bertz CT molecular complexity index is 554. The molecule has 1 atom stereocenters. The molecule has 0 aromatic heterocycles. The fourth-order valence-corrected chi connectivity index (χ4v) is 2.92. The fourth-order valence-electron chi connectivity index (χ4n) is 2.92. The zero-order chi connectivity index (χ0) is 16.7. The van der Waals surface area contributed by atoms with Gasteiger partial charge in [0, 0.05) is 33.1 Å². The summed E-state index contributed by atoms with van der Waals surface area (Å²) in [5, 5.41) is 6.60. The summed E-state index contributed by atoms with van der Waals surface area (Å²) in [5.74, 6) is 1.23. The Morgan fingerprint density at radius 2 is 2.09 bits per heavy atom. The highest BCUT2D eigenvalue weighted by atomic mass is 16.2. The van der Waals surface area contributed by atoms with Gasteiger partial charge in [-0.3, -0.25) is 4.79 Å². The van der Waals surface area contributed by atoms with Gasteiger partial charge in [-0.15, -0.1) is 0 Å². The number of fused-ring (bicyclic) bond motifs is 1. The first-order chi connectivity index (χ1) is 11.1. The smallest absolute Gasteiger partial charge is 0.243 e. The van der Waals surface area contributed by atoms with Gasteiger partial charge in [0.1, 0.15) is 6.54 Å². The van der Waals surface area contributed by atoms with Crippen LogP contribution in [0.5, 0.6) is 0 Å². The van der Waals surface area contributed by atoms with Gasteiger partial charge in [-0.05, 0) is 37.3 Å². The van der Waals surface area contributed by atoms with Crippen LogP contribution in [0.1, 0.15) is 36.8 Å². The molecule has 1 aromatic carbocycles. The Morgan fingerprint density at radius 3 is 2.83 bits per heavy atom. The quantitative estimate of drug-likeness (QED) is 0.643. The number of likely N-dealkylation sites (N-methyl/N-ethyl adjacent to an activating group) is 1. The molecule has 0 saturated heterocycles. The third kappa shape index (κ3) is 4.98. The van der Waals surface area contributed by atoms with Crippen LogP contribution in [-0.2, 0) is 11.2 Å². The number of hydrogen-bond acceptors (Lipinski definition) is 2. The van der Waals surface area contributed by atoms with Crippen LogP contribution in [0.4, 0.5) is 0 Å². The monoisotopic (exact) mass is 316 g/mol. The topological polar surface area (TPSA) is 56.7 Å². The molecule has 1 aromatic rings. The molecule has 2 rings (SSSR count). The zero-order valence-corrected chi connectivity index (χ0v) is 14.4. The molecule has 1 unspecified atom stereocenters. The number of benzene rings is 1. The molecule has 1 aliphatic carbocycles. The second kappa shape index (κ2) is 8.56. The lowest BCUT2D eigenvalue weighted by Crippen LogP contribution is -2.40. The van der Waals surface area contributed by atoms with E-state index in [-0.39, 0.29) is 12.5 Å². The minimum atomic E-state index is 0.00483. The number of amides is 1. The van der Waals surface area contributed by atoms with E-state index in [0.717, 1.165) is 13.1 Å². The number of hydrogen-bond donors (Lipinski definition) is 2. The van der Waals surface area contributed by atoms with Gasteiger partial charge in [0.05, 0.1) is 0 Å². The lowest BCUT2D eigenvalue weighted by atomic mass is 9.83. The van der Waals surface area contributed by atoms with Crippen molar-refractivity contribution >= 4 is 11.9 Å². The summed E-state index contributed by atoms with van der Waals surface area (Å²) in [5.41, 5.74) is 2.92. The molecule has 5 nitrogen and oxygen atoms in total. The fraction of sp³-hybridized carbons (Fsp3) is 0.556. The Balaban J connectivity index is 1.97. The maximum absolute atomic E-state index is 11.7. The van der Waals surface area contributed by atoms with E-state index in [2.05, 4.69) is 39.9 Å². The molecular formula is C18H28N4O. The lowest BCUT2D eigenvalue weighted by Gasteiger charge is -2.26. The van der Waals surface area contributed by atoms with Crippen molar-refractivity contribution in [3.05, 3.63) is 35.4 Å². The molecule has 1 aliphatic rings. The van der Waals surface area contributed by atoms with Crippen LogP contribution >= 0.6 is 0 Å². The molecule has 0 aliphatic heterocycles. The molecule has 2 N–H and O–H groups in total. The number of carbonyl (C=O) groups excluding carboxylic acids is 1. The van der Waals surface area contributed by atoms with Gasteiger partial charge >= 0.3 is 0 Å². The first kappa shape index (κ1) is 17.3. The van der Waals surface area contributed by atoms with Crippen molar-refractivity contribution in [1.82, 2.24) is 15.5 Å². The summed E-state index contributed by atoms with van der Waals surface area (Å²) in [6.07, 6.45) is 3.61. The third-order valence-electron chi connectivity index (χ3n) is 4.22. The van der Waals surface area contributed by atoms with Crippen molar-refractivity contribution in [1.29, 1.82) is 0 Å². The van der Waals surface area contributed by atoms with Crippen LogP contribution in [0.15, 0.2) is 29.3 Å². The number of carbonyl (C=O) groups is 1. The largest absolute Gasteiger partial charge is 0.357 e. The van der Waals surface area contributed by atoms with Gasteiger partial charge in [-0.2, -0.15) is 0 Å². The van der Waals surface area contributed by atoms with E-state index >= 15 is 0 Å². The predicted octanol–water partition coefficient (Wildman–Crippen LogP) is 1.75. The minimum absolute atomic E-state index is 0.00483. The number of rotatable bonds is 5. The first-order valence-corrected chi connectivity index (χ1v) is 8.42. The van der Waals surface area contributed by atoms with Crippen molar-refractivity contribution in [2.45, 2.75) is 32.1 Å². The average molecular weight is 316 g/mol. The Labute approximate surface area is 139 Å². The Morgan fingerprint density at radius 1 is 1.30 bits per heavy atom. The highest BCUT2D eigenvalue weighted by molar-refractivity contribution is 5.84. The summed E-state index contributed by atoms with van der Waals surface area (Å²) >= 11 is 0. The average Bonchev–Trinajstić information content (AvgIpc) is 2.56. The van der Waals surface area contributed by atoms with E-state index in [0.29, 0.717) is 11.9 Å². The van der Waals surface area contributed by atoms with Crippen molar-refractivity contribution < 1.29 is 4.79 Å². The predicted molar refractivity (Wildman–Crippen MR) is 94.8 cm³/mol. The summed E-state index contributed by atoms with van der Waals surface area (Å²) in [7, 11) is 3.49. The summed E-state index contributed by atoms with van der Waals surface area (Å²) in [4.78, 5) is 17.6. The minimum Gasteiger partial charge on any atom is -0.357 e. The van der Waals surface area contributed by atoms with Crippen molar-refractivity contribution in [3.63, 3.8) is 0 Å². The number of aryl methyl sites for hydroxylation is 1. The second-order valence-corrected chi connectivity index (χ2v) is 6.15. The van der Waals surface area contributed by atoms with Crippen molar-refractivity contribution in [2.75, 3.05) is 33.7 Å². The van der Waals surface area contributed by atoms with E-state index in [1.807, 2.05) is 6.92 Å². The van der Waals surface area contributed by atoms with Gasteiger partial charge < -0.3 is 15.5 Å². The maximum Gasteiger partial charge on any atom is 0.243 e. The normalized spacial score (nSPS) is 17.3. The maximum atomic E-state index is 11.7. The van der Waals surface area contributed by atoms with E-state index in [1.54, 1.807) is 19.0 Å². The van der Waals surface area contributed by atoms with Gasteiger partial charge in [0.25, 0.3) is 0 Å². The summed E-state index contributed by atoms with van der Waals surface area (Å²) < 4.78 is 0. The molecule has 5 heteroatoms. The van der Waals surface area contributed by atoms with Crippen LogP contribution in [0.3, 0.4) is 0 Å². The number of nitrogens with zero attached hydrogens (tertiary/aromatic N) is 2. The van der Waals surface area contributed by atoms with E-state index in [4.69, 9.17) is 0 Å². The highest BCUT2D eigenvalue weighted by Crippen LogP contribution is 2.30. The van der Waals surface area contributed by atoms with Crippen molar-refractivity contribution in [2.24, 2.45) is 4.99 Å². The van der Waals surface area contributed by atoms with Crippen LogP contribution in [0.2, 0.25) is 0 Å². The van der Waals surface area contributed by atoms with Gasteiger partial charge in [-0.25, -0.2) is 4.99 Å². The van der Waals surface area contributed by atoms with E-state index in [9.17, 15) is 4.79 Å². The Kier molecular flexibility index (Phi) is 6.44. The standard InChI is InChI=1S/C18H28N4O/c1-4-19-18(21-13-17(23)22(2)3)20-12-15-10-7-9-14-8-5-6-11-16(14)15/h5-6,8,11,15H,4,7,9-10,12-13H2,1-3H3,(H2,19,20,21). The summed E-state index contributed by atoms with van der Waals surface area (Å²) in [6, 6.07) is 8.70. The molecule has 0 heterocycles. The molecular weight excluding hydrogens is 288 g/mol. The molecule has 23 heavy (non-hydrogen) atoms. The van der Waals surface area contributed by atoms with Gasteiger partial charge in [-0.1, -0.05) is 24.3 Å². The number of aliphatic imine (C=N–C) groups is 1. The molecule has 0 spiro atoms. The highest BCUT2D eigenvalue weighted by Gasteiger charge is 2.19. The molecule has 1 amide bonds.